The quantitative estimate of drug-likeness (QED) is 0.456. The number of ether oxygens (including phenoxy) is 2. The third kappa shape index (κ3) is 4.82. The van der Waals surface area contributed by atoms with Crippen LogP contribution in [0, 0.1) is 0 Å². The van der Waals surface area contributed by atoms with E-state index in [9.17, 15) is 29.4 Å². The first-order valence-corrected chi connectivity index (χ1v) is 9.82. The van der Waals surface area contributed by atoms with Crippen molar-refractivity contribution < 1.29 is 29.3 Å². The molecule has 0 spiro atoms. The topological polar surface area (TPSA) is 148 Å². The smallest absolute Gasteiger partial charge is 0.330 e. The van der Waals surface area contributed by atoms with Gasteiger partial charge in [0.25, 0.3) is 5.56 Å². The van der Waals surface area contributed by atoms with E-state index in [0.717, 1.165) is 23.3 Å². The normalized spacial score (nSPS) is 26.4. The monoisotopic (exact) mass is 412 g/mol. The van der Waals surface area contributed by atoms with Crippen molar-refractivity contribution in [3.63, 3.8) is 0 Å². The van der Waals surface area contributed by atoms with Crippen LogP contribution in [0.25, 0.3) is 0 Å². The first-order chi connectivity index (χ1) is 13.8. The lowest BCUT2D eigenvalue weighted by Gasteiger charge is -2.32. The number of rotatable bonds is 10. The fraction of sp³-hybridized carbons (Fsp3) is 0.684. The van der Waals surface area contributed by atoms with Gasteiger partial charge in [0, 0.05) is 25.1 Å². The third-order valence-corrected chi connectivity index (χ3v) is 4.93. The molecule has 0 saturated carbocycles. The van der Waals surface area contributed by atoms with Crippen LogP contribution in [0.5, 0.6) is 0 Å². The number of H-pyrrole nitrogens is 1. The molecular weight excluding hydrogens is 384 g/mol. The highest BCUT2D eigenvalue weighted by Crippen LogP contribution is 2.41. The molecule has 0 unspecified atom stereocenters. The number of aliphatic hydroxyl groups is 2. The Morgan fingerprint density at radius 2 is 1.90 bits per heavy atom. The number of aliphatic hydroxyl groups excluding tert-OH is 1. The summed E-state index contributed by atoms with van der Waals surface area (Å²) in [5.41, 5.74) is -3.96. The van der Waals surface area contributed by atoms with Crippen LogP contribution in [0.4, 0.5) is 0 Å². The number of hydrogen-bond donors (Lipinski definition) is 3. The van der Waals surface area contributed by atoms with E-state index in [-0.39, 0.29) is 12.8 Å². The first-order valence-electron chi connectivity index (χ1n) is 9.82. The van der Waals surface area contributed by atoms with Crippen LogP contribution in [-0.2, 0) is 19.1 Å². The molecule has 2 heterocycles. The number of hydrogen-bond acceptors (Lipinski definition) is 8. The third-order valence-electron chi connectivity index (χ3n) is 4.93. The fourth-order valence-electron chi connectivity index (χ4n) is 3.31. The minimum absolute atomic E-state index is 0.0356. The van der Waals surface area contributed by atoms with Crippen molar-refractivity contribution in [2.75, 3.05) is 6.61 Å². The number of aromatic nitrogens is 2. The van der Waals surface area contributed by atoms with Crippen molar-refractivity contribution in [1.29, 1.82) is 0 Å². The van der Waals surface area contributed by atoms with Gasteiger partial charge in [-0.1, -0.05) is 26.7 Å². The van der Waals surface area contributed by atoms with E-state index in [2.05, 4.69) is 0 Å². The van der Waals surface area contributed by atoms with E-state index >= 15 is 0 Å². The predicted octanol–water partition coefficient (Wildman–Crippen LogP) is 0.0187. The summed E-state index contributed by atoms with van der Waals surface area (Å²) >= 11 is 0. The van der Waals surface area contributed by atoms with E-state index in [0.29, 0.717) is 19.3 Å². The van der Waals surface area contributed by atoms with Gasteiger partial charge in [-0.05, 0) is 12.8 Å². The summed E-state index contributed by atoms with van der Waals surface area (Å²) in [6.07, 6.45) is -0.720. The molecule has 0 radical (unpaired) electrons. The number of aromatic amines is 1. The Morgan fingerprint density at radius 1 is 1.24 bits per heavy atom. The molecule has 10 heteroatoms. The molecule has 1 saturated heterocycles. The summed E-state index contributed by atoms with van der Waals surface area (Å²) < 4.78 is 11.8. The van der Waals surface area contributed by atoms with Gasteiger partial charge >= 0.3 is 11.7 Å². The van der Waals surface area contributed by atoms with Crippen LogP contribution < -0.4 is 11.2 Å². The standard InChI is InChI=1S/C19H28N2O8/c1-3-5-7-13(23)19(27)16(29-15(25)8-6-4-2)12(11-22)28-17(19)21-10-9-14(24)20-18(21)26/h9-10,12,16-17,22,27H,3-8,11H2,1-2H3,(H,20,24,26)/t12-,16-,17-,19-/m1/s1. The summed E-state index contributed by atoms with van der Waals surface area (Å²) in [7, 11) is 0. The molecule has 162 valence electrons. The zero-order chi connectivity index (χ0) is 21.6. The molecule has 29 heavy (non-hydrogen) atoms. The number of nitrogens with one attached hydrogen (secondary N) is 1. The molecule has 2 rings (SSSR count). The summed E-state index contributed by atoms with van der Waals surface area (Å²) in [4.78, 5) is 50.8. The lowest BCUT2D eigenvalue weighted by Crippen LogP contribution is -2.56. The molecule has 0 bridgehead atoms. The van der Waals surface area contributed by atoms with Crippen LogP contribution >= 0.6 is 0 Å². The number of carbonyl (C=O) groups excluding carboxylic acids is 2. The largest absolute Gasteiger partial charge is 0.456 e. The summed E-state index contributed by atoms with van der Waals surface area (Å²) in [6.45, 7) is 3.11. The maximum atomic E-state index is 13.0. The Balaban J connectivity index is 2.48. The summed E-state index contributed by atoms with van der Waals surface area (Å²) in [5, 5.41) is 21.1. The van der Waals surface area contributed by atoms with Crippen molar-refractivity contribution in [2.24, 2.45) is 0 Å². The zero-order valence-electron chi connectivity index (χ0n) is 16.6. The maximum absolute atomic E-state index is 13.0. The lowest BCUT2D eigenvalue weighted by atomic mass is 9.86. The van der Waals surface area contributed by atoms with Gasteiger partial charge in [0.05, 0.1) is 6.61 Å². The maximum Gasteiger partial charge on any atom is 0.330 e. The SMILES string of the molecule is CCCCC(=O)O[C@@H]1[C@@H](CO)O[C@@H](n2ccc(=O)[nH]c2=O)[C@@]1(O)C(=O)CCCC. The molecule has 1 aromatic rings. The minimum atomic E-state index is -2.40. The van der Waals surface area contributed by atoms with Crippen molar-refractivity contribution in [2.45, 2.75) is 76.4 Å². The van der Waals surface area contributed by atoms with Gasteiger partial charge in [0.15, 0.2) is 18.1 Å². The second-order valence-electron chi connectivity index (χ2n) is 7.09. The zero-order valence-corrected chi connectivity index (χ0v) is 16.6. The molecule has 1 aromatic heterocycles. The first kappa shape index (κ1) is 23.0. The molecule has 1 fully saturated rings. The van der Waals surface area contributed by atoms with E-state index in [1.807, 2.05) is 18.8 Å². The number of Topliss-reactive ketones (excluding diaryl/α,β-unsaturated/α-hetero) is 1. The molecule has 0 amide bonds. The molecular formula is C19H28N2O8. The fourth-order valence-corrected chi connectivity index (χ4v) is 3.31. The summed E-state index contributed by atoms with van der Waals surface area (Å²) in [5.74, 6) is -1.32. The Bertz CT molecular complexity index is 832. The second kappa shape index (κ2) is 9.95. The highest BCUT2D eigenvalue weighted by atomic mass is 16.6. The van der Waals surface area contributed by atoms with Gasteiger partial charge in [-0.3, -0.25) is 23.9 Å². The molecule has 0 aliphatic carbocycles. The molecule has 3 N–H and O–H groups in total. The molecule has 0 aromatic carbocycles. The average molecular weight is 412 g/mol. The van der Waals surface area contributed by atoms with Crippen molar-refractivity contribution >= 4 is 11.8 Å². The highest BCUT2D eigenvalue weighted by molar-refractivity contribution is 5.89. The van der Waals surface area contributed by atoms with E-state index < -0.39 is 53.6 Å². The Hall–Kier alpha value is -2.30. The van der Waals surface area contributed by atoms with Gasteiger partial charge in [0.1, 0.15) is 6.10 Å². The predicted molar refractivity (Wildman–Crippen MR) is 101 cm³/mol. The van der Waals surface area contributed by atoms with E-state index in [4.69, 9.17) is 9.47 Å². The van der Waals surface area contributed by atoms with Crippen molar-refractivity contribution in [1.82, 2.24) is 9.55 Å². The van der Waals surface area contributed by atoms with Crippen LogP contribution in [-0.4, -0.2) is 55.9 Å². The van der Waals surface area contributed by atoms with Gasteiger partial charge < -0.3 is 19.7 Å². The van der Waals surface area contributed by atoms with Crippen LogP contribution in [0.15, 0.2) is 21.9 Å². The molecule has 1 aliphatic rings. The minimum Gasteiger partial charge on any atom is -0.456 e. The molecule has 10 nitrogen and oxygen atoms in total. The Labute approximate surface area is 167 Å². The molecule has 1 aliphatic heterocycles. The highest BCUT2D eigenvalue weighted by Gasteiger charge is 2.62. The number of unbranched alkanes of at least 4 members (excludes halogenated alkanes) is 2. The number of esters is 1. The second-order valence-corrected chi connectivity index (χ2v) is 7.09. The number of carbonyl (C=O) groups is 2. The van der Waals surface area contributed by atoms with Crippen LogP contribution in [0.3, 0.4) is 0 Å². The lowest BCUT2D eigenvalue weighted by molar-refractivity contribution is -0.173. The Morgan fingerprint density at radius 3 is 2.48 bits per heavy atom. The van der Waals surface area contributed by atoms with Crippen molar-refractivity contribution in [3.8, 4) is 0 Å². The average Bonchev–Trinajstić information content (AvgIpc) is 2.97. The van der Waals surface area contributed by atoms with Gasteiger partial charge in [-0.2, -0.15) is 0 Å². The number of nitrogens with zero attached hydrogens (tertiary/aromatic N) is 1. The van der Waals surface area contributed by atoms with Gasteiger partial charge in [-0.25, -0.2) is 4.79 Å². The Kier molecular flexibility index (Phi) is 7.88. The van der Waals surface area contributed by atoms with Crippen LogP contribution in [0.1, 0.15) is 58.6 Å². The van der Waals surface area contributed by atoms with Crippen molar-refractivity contribution in [3.05, 3.63) is 33.1 Å². The van der Waals surface area contributed by atoms with Gasteiger partial charge in [-0.15, -0.1) is 0 Å². The van der Waals surface area contributed by atoms with E-state index in [1.54, 1.807) is 0 Å². The summed E-state index contributed by atoms with van der Waals surface area (Å²) in [6, 6.07) is 1.04. The molecule has 4 atom stereocenters. The van der Waals surface area contributed by atoms with Crippen LogP contribution in [0.2, 0.25) is 0 Å². The number of ketones is 1. The van der Waals surface area contributed by atoms with Gasteiger partial charge in [0.2, 0.25) is 5.60 Å². The van der Waals surface area contributed by atoms with E-state index in [1.165, 1.54) is 0 Å².